The molecule has 118 valence electrons. The Balaban J connectivity index is 1.76. The summed E-state index contributed by atoms with van der Waals surface area (Å²) in [7, 11) is 0. The maximum atomic E-state index is 13.8. The lowest BCUT2D eigenvalue weighted by atomic mass is 9.99. The lowest BCUT2D eigenvalue weighted by Gasteiger charge is -2.31. The van der Waals surface area contributed by atoms with Gasteiger partial charge in [-0.2, -0.15) is 0 Å². The predicted molar refractivity (Wildman–Crippen MR) is 79.1 cm³/mol. The second kappa shape index (κ2) is 7.82. The number of nitrogens with zero attached hydrogens (tertiary/aromatic N) is 1. The molecule has 0 bridgehead atoms. The molecule has 1 fully saturated rings. The van der Waals surface area contributed by atoms with E-state index < -0.39 is 11.6 Å². The lowest BCUT2D eigenvalue weighted by Crippen LogP contribution is -2.40. The van der Waals surface area contributed by atoms with Crippen molar-refractivity contribution in [1.82, 2.24) is 10.2 Å². The third kappa shape index (κ3) is 4.46. The van der Waals surface area contributed by atoms with Crippen molar-refractivity contribution in [3.8, 4) is 0 Å². The van der Waals surface area contributed by atoms with Crippen molar-refractivity contribution in [3.63, 3.8) is 0 Å². The van der Waals surface area contributed by atoms with Crippen LogP contribution in [0.25, 0.3) is 0 Å². The molecule has 2 rings (SSSR count). The Kier molecular flexibility index (Phi) is 6.08. The smallest absolute Gasteiger partial charge is 0.133 e. The second-order valence-corrected chi connectivity index (χ2v) is 5.83. The Morgan fingerprint density at radius 2 is 2.19 bits per heavy atom. The van der Waals surface area contributed by atoms with Crippen molar-refractivity contribution in [2.75, 3.05) is 32.8 Å². The first-order valence-corrected chi connectivity index (χ1v) is 7.59. The highest BCUT2D eigenvalue weighted by molar-refractivity contribution is 5.26. The molecule has 1 heterocycles. The summed E-state index contributed by atoms with van der Waals surface area (Å²) in [5, 5.41) is 12.3. The summed E-state index contributed by atoms with van der Waals surface area (Å²) in [5.74, 6) is -0.588. The van der Waals surface area contributed by atoms with E-state index in [1.807, 2.05) is 0 Å². The van der Waals surface area contributed by atoms with E-state index in [4.69, 9.17) is 0 Å². The summed E-state index contributed by atoms with van der Waals surface area (Å²) in [5.41, 5.74) is 0.580. The highest BCUT2D eigenvalue weighted by atomic mass is 19.1. The highest BCUT2D eigenvalue weighted by Crippen LogP contribution is 2.16. The molecule has 1 aromatic rings. The van der Waals surface area contributed by atoms with Gasteiger partial charge < -0.3 is 15.3 Å². The Bertz CT molecular complexity index is 468. The standard InChI is InChI=1S/C16H24F2N2O/c1-12-4-5-15(17)14(16(12)18)9-19-6-8-20-7-2-3-13(10-20)11-21/h4-5,13,19,21H,2-3,6-11H2,1H3. The third-order valence-electron chi connectivity index (χ3n) is 4.15. The first-order valence-electron chi connectivity index (χ1n) is 7.59. The zero-order valence-electron chi connectivity index (χ0n) is 12.5. The summed E-state index contributed by atoms with van der Waals surface area (Å²) >= 11 is 0. The van der Waals surface area contributed by atoms with Crippen LogP contribution in [0.5, 0.6) is 0 Å². The molecule has 2 N–H and O–H groups in total. The first-order chi connectivity index (χ1) is 10.1. The second-order valence-electron chi connectivity index (χ2n) is 5.83. The summed E-state index contributed by atoms with van der Waals surface area (Å²) in [6.45, 7) is 5.55. The van der Waals surface area contributed by atoms with E-state index >= 15 is 0 Å². The lowest BCUT2D eigenvalue weighted by molar-refractivity contribution is 0.121. The van der Waals surface area contributed by atoms with E-state index in [0.717, 1.165) is 32.5 Å². The van der Waals surface area contributed by atoms with Crippen LogP contribution >= 0.6 is 0 Å². The van der Waals surface area contributed by atoms with Crippen molar-refractivity contribution in [2.24, 2.45) is 5.92 Å². The van der Waals surface area contributed by atoms with Crippen LogP contribution in [0, 0.1) is 24.5 Å². The van der Waals surface area contributed by atoms with Gasteiger partial charge in [0.1, 0.15) is 11.6 Å². The number of hydrogen-bond acceptors (Lipinski definition) is 3. The van der Waals surface area contributed by atoms with Gasteiger partial charge in [-0.15, -0.1) is 0 Å². The molecule has 21 heavy (non-hydrogen) atoms. The van der Waals surface area contributed by atoms with Crippen LogP contribution in [0.3, 0.4) is 0 Å². The molecule has 3 nitrogen and oxygen atoms in total. The molecular weight excluding hydrogens is 274 g/mol. The zero-order chi connectivity index (χ0) is 15.2. The minimum atomic E-state index is -0.496. The molecular formula is C16H24F2N2O. The van der Waals surface area contributed by atoms with Crippen LogP contribution in [-0.4, -0.2) is 42.8 Å². The number of benzene rings is 1. The minimum absolute atomic E-state index is 0.113. The van der Waals surface area contributed by atoms with Crippen molar-refractivity contribution in [3.05, 3.63) is 34.9 Å². The number of halogens is 2. The zero-order valence-corrected chi connectivity index (χ0v) is 12.5. The Morgan fingerprint density at radius 3 is 2.95 bits per heavy atom. The van der Waals surface area contributed by atoms with Crippen LogP contribution in [0.2, 0.25) is 0 Å². The van der Waals surface area contributed by atoms with Crippen molar-refractivity contribution in [2.45, 2.75) is 26.3 Å². The number of nitrogens with one attached hydrogen (secondary N) is 1. The van der Waals surface area contributed by atoms with Gasteiger partial charge in [-0.05, 0) is 43.9 Å². The van der Waals surface area contributed by atoms with E-state index in [2.05, 4.69) is 10.2 Å². The Labute approximate surface area is 125 Å². The van der Waals surface area contributed by atoms with Gasteiger partial charge in [0.05, 0.1) is 0 Å². The third-order valence-corrected chi connectivity index (χ3v) is 4.15. The van der Waals surface area contributed by atoms with Gasteiger partial charge in [-0.1, -0.05) is 6.07 Å². The normalized spacial score (nSPS) is 19.9. The van der Waals surface area contributed by atoms with Gasteiger partial charge in [0.25, 0.3) is 0 Å². The molecule has 0 spiro atoms. The molecule has 1 aliphatic heterocycles. The molecule has 0 amide bonds. The van der Waals surface area contributed by atoms with Gasteiger partial charge >= 0.3 is 0 Å². The average molecular weight is 298 g/mol. The number of piperidine rings is 1. The average Bonchev–Trinajstić information content (AvgIpc) is 2.50. The maximum Gasteiger partial charge on any atom is 0.133 e. The highest BCUT2D eigenvalue weighted by Gasteiger charge is 2.18. The number of rotatable bonds is 6. The van der Waals surface area contributed by atoms with Crippen LogP contribution in [-0.2, 0) is 6.54 Å². The number of aliphatic hydroxyl groups is 1. The molecule has 5 heteroatoms. The molecule has 0 aromatic heterocycles. The molecule has 0 aliphatic carbocycles. The molecule has 1 saturated heterocycles. The van der Waals surface area contributed by atoms with Crippen LogP contribution < -0.4 is 5.32 Å². The Morgan fingerprint density at radius 1 is 1.38 bits per heavy atom. The number of aliphatic hydroxyl groups excluding tert-OH is 1. The van der Waals surface area contributed by atoms with E-state index in [1.165, 1.54) is 12.1 Å². The molecule has 1 aliphatic rings. The van der Waals surface area contributed by atoms with E-state index in [-0.39, 0.29) is 18.7 Å². The first kappa shape index (κ1) is 16.3. The SMILES string of the molecule is Cc1ccc(F)c(CNCCN2CCCC(CO)C2)c1F. The molecule has 0 radical (unpaired) electrons. The van der Waals surface area contributed by atoms with E-state index in [1.54, 1.807) is 6.92 Å². The summed E-state index contributed by atoms with van der Waals surface area (Å²) < 4.78 is 27.4. The van der Waals surface area contributed by atoms with Gasteiger partial charge in [0, 0.05) is 38.3 Å². The summed E-state index contributed by atoms with van der Waals surface area (Å²) in [6, 6.07) is 2.77. The molecule has 0 saturated carbocycles. The van der Waals surface area contributed by atoms with Gasteiger partial charge in [-0.25, -0.2) is 8.78 Å². The number of hydrogen-bond donors (Lipinski definition) is 2. The summed E-state index contributed by atoms with van der Waals surface area (Å²) in [4.78, 5) is 2.29. The quantitative estimate of drug-likeness (QED) is 0.789. The van der Waals surface area contributed by atoms with Crippen LogP contribution in [0.1, 0.15) is 24.0 Å². The van der Waals surface area contributed by atoms with Crippen LogP contribution in [0.15, 0.2) is 12.1 Å². The molecule has 1 aromatic carbocycles. The number of aryl methyl sites for hydroxylation is 1. The van der Waals surface area contributed by atoms with E-state index in [9.17, 15) is 13.9 Å². The van der Waals surface area contributed by atoms with Gasteiger partial charge in [0.2, 0.25) is 0 Å². The minimum Gasteiger partial charge on any atom is -0.396 e. The van der Waals surface area contributed by atoms with Crippen molar-refractivity contribution < 1.29 is 13.9 Å². The maximum absolute atomic E-state index is 13.8. The molecule has 1 atom stereocenters. The van der Waals surface area contributed by atoms with Crippen LogP contribution in [0.4, 0.5) is 8.78 Å². The summed E-state index contributed by atoms with van der Waals surface area (Å²) in [6.07, 6.45) is 2.19. The molecule has 1 unspecified atom stereocenters. The fraction of sp³-hybridized carbons (Fsp3) is 0.625. The van der Waals surface area contributed by atoms with Gasteiger partial charge in [-0.3, -0.25) is 0 Å². The monoisotopic (exact) mass is 298 g/mol. The van der Waals surface area contributed by atoms with Crippen molar-refractivity contribution in [1.29, 1.82) is 0 Å². The predicted octanol–water partition coefficient (Wildman–Crippen LogP) is 2.07. The largest absolute Gasteiger partial charge is 0.396 e. The fourth-order valence-electron chi connectivity index (χ4n) is 2.83. The Hall–Kier alpha value is -1.04. The topological polar surface area (TPSA) is 35.5 Å². The van der Waals surface area contributed by atoms with Crippen molar-refractivity contribution >= 4 is 0 Å². The van der Waals surface area contributed by atoms with Gasteiger partial charge in [0.15, 0.2) is 0 Å². The fourth-order valence-corrected chi connectivity index (χ4v) is 2.83. The number of likely N-dealkylation sites (tertiary alicyclic amines) is 1. The van der Waals surface area contributed by atoms with E-state index in [0.29, 0.717) is 18.0 Å².